The summed E-state index contributed by atoms with van der Waals surface area (Å²) in [6.07, 6.45) is 4.60. The van der Waals surface area contributed by atoms with Gasteiger partial charge in [-0.15, -0.1) is 0 Å². The molecule has 0 aliphatic carbocycles. The highest BCUT2D eigenvalue weighted by Crippen LogP contribution is 2.15. The number of carbonyl (C=O) groups excluding carboxylic acids is 1. The highest BCUT2D eigenvalue weighted by Gasteiger charge is 2.14. The van der Waals surface area contributed by atoms with Crippen molar-refractivity contribution < 1.29 is 17.6 Å². The summed E-state index contributed by atoms with van der Waals surface area (Å²) in [6, 6.07) is 18.8. The molecule has 2 aromatic carbocycles. The Kier molecular flexibility index (Phi) is 5.85. The molecule has 27 heavy (non-hydrogen) atoms. The zero-order chi connectivity index (χ0) is 19.1. The fourth-order valence-corrected chi connectivity index (χ4v) is 3.29. The lowest BCUT2D eigenvalue weighted by molar-refractivity contribution is -0.111. The van der Waals surface area contributed by atoms with E-state index in [1.165, 1.54) is 36.6 Å². The molecule has 138 valence electrons. The van der Waals surface area contributed by atoms with Crippen LogP contribution in [0, 0.1) is 0 Å². The quantitative estimate of drug-likeness (QED) is 0.613. The Hall–Kier alpha value is -3.16. The zero-order valence-corrected chi connectivity index (χ0v) is 15.1. The Balaban J connectivity index is 1.59. The van der Waals surface area contributed by atoms with Crippen LogP contribution in [0.3, 0.4) is 0 Å². The van der Waals surface area contributed by atoms with Crippen LogP contribution in [-0.2, 0) is 21.4 Å². The zero-order valence-electron chi connectivity index (χ0n) is 14.3. The van der Waals surface area contributed by atoms with Gasteiger partial charge in [-0.05, 0) is 48.0 Å². The molecule has 3 rings (SSSR count). The van der Waals surface area contributed by atoms with Gasteiger partial charge in [-0.1, -0.05) is 30.3 Å². The van der Waals surface area contributed by atoms with Gasteiger partial charge in [0, 0.05) is 11.8 Å². The van der Waals surface area contributed by atoms with Gasteiger partial charge in [0.1, 0.15) is 5.76 Å². The normalized spacial score (nSPS) is 11.6. The van der Waals surface area contributed by atoms with Crippen molar-refractivity contribution in [2.45, 2.75) is 11.4 Å². The minimum Gasteiger partial charge on any atom is -0.468 e. The minimum absolute atomic E-state index is 0.0676. The number of hydrogen-bond donors (Lipinski definition) is 2. The van der Waals surface area contributed by atoms with Crippen molar-refractivity contribution >= 4 is 27.7 Å². The lowest BCUT2D eigenvalue weighted by Gasteiger charge is -2.07. The predicted molar refractivity (Wildman–Crippen MR) is 103 cm³/mol. The number of benzene rings is 2. The Morgan fingerprint density at radius 3 is 2.37 bits per heavy atom. The van der Waals surface area contributed by atoms with E-state index in [1.54, 1.807) is 18.2 Å². The molecule has 0 radical (unpaired) electrons. The van der Waals surface area contributed by atoms with Crippen molar-refractivity contribution in [3.05, 3.63) is 90.4 Å². The summed E-state index contributed by atoms with van der Waals surface area (Å²) in [5, 5.41) is 2.69. The van der Waals surface area contributed by atoms with Crippen molar-refractivity contribution in [3.8, 4) is 0 Å². The van der Waals surface area contributed by atoms with E-state index in [0.29, 0.717) is 11.4 Å². The fraction of sp³-hybridized carbons (Fsp3) is 0.0500. The van der Waals surface area contributed by atoms with Gasteiger partial charge in [-0.25, -0.2) is 13.1 Å². The molecule has 0 saturated carbocycles. The van der Waals surface area contributed by atoms with Crippen LogP contribution in [-0.4, -0.2) is 14.3 Å². The Morgan fingerprint density at radius 2 is 1.70 bits per heavy atom. The van der Waals surface area contributed by atoms with E-state index in [4.69, 9.17) is 4.42 Å². The summed E-state index contributed by atoms with van der Waals surface area (Å²) in [4.78, 5) is 12.1. The largest absolute Gasteiger partial charge is 0.468 e. The maximum atomic E-state index is 12.3. The Bertz CT molecular complexity index is 1010. The van der Waals surface area contributed by atoms with Gasteiger partial charge in [0.25, 0.3) is 0 Å². The first-order valence-corrected chi connectivity index (χ1v) is 9.67. The molecule has 2 N–H and O–H groups in total. The first-order valence-electron chi connectivity index (χ1n) is 8.19. The average molecular weight is 382 g/mol. The molecule has 1 aromatic heterocycles. The number of sulfonamides is 1. The van der Waals surface area contributed by atoms with Gasteiger partial charge in [0.05, 0.1) is 17.7 Å². The van der Waals surface area contributed by atoms with Crippen LogP contribution in [0.5, 0.6) is 0 Å². The van der Waals surface area contributed by atoms with Gasteiger partial charge < -0.3 is 9.73 Å². The maximum Gasteiger partial charge on any atom is 0.248 e. The number of nitrogens with one attached hydrogen (secondary N) is 2. The second kappa shape index (κ2) is 8.48. The molecule has 7 heteroatoms. The molecule has 0 unspecified atom stereocenters. The molecule has 3 aromatic rings. The summed E-state index contributed by atoms with van der Waals surface area (Å²) in [6.45, 7) is 0.0676. The number of rotatable bonds is 7. The van der Waals surface area contributed by atoms with Gasteiger partial charge in [-0.3, -0.25) is 4.79 Å². The first kappa shape index (κ1) is 18.6. The molecule has 1 amide bonds. The molecule has 0 saturated heterocycles. The third-order valence-electron chi connectivity index (χ3n) is 3.68. The number of anilines is 1. The van der Waals surface area contributed by atoms with Crippen molar-refractivity contribution in [1.29, 1.82) is 0 Å². The molecule has 0 aliphatic rings. The molecule has 1 heterocycles. The molecule has 0 atom stereocenters. The summed E-state index contributed by atoms with van der Waals surface area (Å²) < 4.78 is 32.1. The first-order chi connectivity index (χ1) is 13.0. The van der Waals surface area contributed by atoms with Crippen LogP contribution >= 0.6 is 0 Å². The van der Waals surface area contributed by atoms with Crippen LogP contribution in [0.1, 0.15) is 11.3 Å². The number of carbonyl (C=O) groups is 1. The van der Waals surface area contributed by atoms with E-state index in [1.807, 2.05) is 30.3 Å². The van der Waals surface area contributed by atoms with Gasteiger partial charge >= 0.3 is 0 Å². The topological polar surface area (TPSA) is 88.4 Å². The van der Waals surface area contributed by atoms with Crippen LogP contribution in [0.4, 0.5) is 5.69 Å². The highest BCUT2D eigenvalue weighted by molar-refractivity contribution is 7.89. The number of hydrogen-bond acceptors (Lipinski definition) is 4. The van der Waals surface area contributed by atoms with Gasteiger partial charge in [0.2, 0.25) is 15.9 Å². The molecular weight excluding hydrogens is 364 g/mol. The van der Waals surface area contributed by atoms with Crippen LogP contribution in [0.25, 0.3) is 6.08 Å². The molecule has 0 spiro atoms. The number of furan rings is 1. The van der Waals surface area contributed by atoms with E-state index in [2.05, 4.69) is 10.0 Å². The maximum absolute atomic E-state index is 12.3. The van der Waals surface area contributed by atoms with Gasteiger partial charge in [-0.2, -0.15) is 0 Å². The van der Waals surface area contributed by atoms with Crippen molar-refractivity contribution in [1.82, 2.24) is 4.72 Å². The molecule has 0 bridgehead atoms. The van der Waals surface area contributed by atoms with Crippen molar-refractivity contribution in [3.63, 3.8) is 0 Å². The molecular formula is C20H18N2O4S. The Labute approximate surface area is 157 Å². The smallest absolute Gasteiger partial charge is 0.248 e. The standard InChI is InChI=1S/C20H18N2O4S/c23-20(13-8-16-5-2-1-3-6-16)22-17-9-11-19(12-10-17)27(24,25)21-15-18-7-4-14-26-18/h1-14,21H,15H2,(H,22,23)/b13-8+. The lowest BCUT2D eigenvalue weighted by atomic mass is 10.2. The summed E-state index contributed by atoms with van der Waals surface area (Å²) in [7, 11) is -3.66. The van der Waals surface area contributed by atoms with Crippen LogP contribution in [0.15, 0.2) is 88.4 Å². The Morgan fingerprint density at radius 1 is 0.963 bits per heavy atom. The van der Waals surface area contributed by atoms with Crippen molar-refractivity contribution in [2.24, 2.45) is 0 Å². The minimum atomic E-state index is -3.66. The summed E-state index contributed by atoms with van der Waals surface area (Å²) >= 11 is 0. The third-order valence-corrected chi connectivity index (χ3v) is 5.09. The van der Waals surface area contributed by atoms with E-state index in [-0.39, 0.29) is 17.3 Å². The van der Waals surface area contributed by atoms with Crippen molar-refractivity contribution in [2.75, 3.05) is 5.32 Å². The van der Waals surface area contributed by atoms with E-state index in [9.17, 15) is 13.2 Å². The van der Waals surface area contributed by atoms with E-state index < -0.39 is 10.0 Å². The van der Waals surface area contributed by atoms with Crippen LogP contribution in [0.2, 0.25) is 0 Å². The van der Waals surface area contributed by atoms with Crippen LogP contribution < -0.4 is 10.0 Å². The molecule has 0 fully saturated rings. The lowest BCUT2D eigenvalue weighted by Crippen LogP contribution is -2.23. The van der Waals surface area contributed by atoms with E-state index >= 15 is 0 Å². The second-order valence-corrected chi connectivity index (χ2v) is 7.43. The second-order valence-electron chi connectivity index (χ2n) is 5.66. The predicted octanol–water partition coefficient (Wildman–Crippen LogP) is 3.41. The SMILES string of the molecule is O=C(/C=C/c1ccccc1)Nc1ccc(S(=O)(=O)NCc2ccco2)cc1. The molecule has 0 aliphatic heterocycles. The average Bonchev–Trinajstić information content (AvgIpc) is 3.20. The fourth-order valence-electron chi connectivity index (χ4n) is 2.30. The van der Waals surface area contributed by atoms with E-state index in [0.717, 1.165) is 5.56 Å². The summed E-state index contributed by atoms with van der Waals surface area (Å²) in [5.74, 6) is 0.220. The number of amides is 1. The third kappa shape index (κ3) is 5.40. The summed E-state index contributed by atoms with van der Waals surface area (Å²) in [5.41, 5.74) is 1.42. The van der Waals surface area contributed by atoms with Gasteiger partial charge in [0.15, 0.2) is 0 Å². The molecule has 6 nitrogen and oxygen atoms in total. The highest BCUT2D eigenvalue weighted by atomic mass is 32.2. The monoisotopic (exact) mass is 382 g/mol.